The lowest BCUT2D eigenvalue weighted by molar-refractivity contribution is 0.461. The van der Waals surface area contributed by atoms with Gasteiger partial charge in [-0.2, -0.15) is 5.26 Å². The highest BCUT2D eigenvalue weighted by molar-refractivity contribution is 5.68. The van der Waals surface area contributed by atoms with Gasteiger partial charge in [0.15, 0.2) is 5.82 Å². The van der Waals surface area contributed by atoms with E-state index in [1.165, 1.54) is 18.2 Å². The van der Waals surface area contributed by atoms with Gasteiger partial charge >= 0.3 is 0 Å². The van der Waals surface area contributed by atoms with Crippen LogP contribution in [-0.2, 0) is 0 Å². The fourth-order valence-corrected chi connectivity index (χ4v) is 2.99. The highest BCUT2D eigenvalue weighted by Gasteiger charge is 2.28. The number of phenolic OH excluding ortho intramolecular Hbond substituents is 2. The molecule has 0 bridgehead atoms. The van der Waals surface area contributed by atoms with Crippen LogP contribution >= 0.6 is 0 Å². The number of aromatic hydroxyl groups is 2. The highest BCUT2D eigenvalue weighted by atomic mass is 16.3. The predicted molar refractivity (Wildman–Crippen MR) is 84.5 cm³/mol. The molecule has 1 heterocycles. The van der Waals surface area contributed by atoms with Crippen molar-refractivity contribution in [3.05, 3.63) is 29.5 Å². The molecule has 1 aliphatic rings. The largest absolute Gasteiger partial charge is 0.508 e. The maximum absolute atomic E-state index is 9.99. The fraction of sp³-hybridized carbons (Fsp3) is 0.312. The fourth-order valence-electron chi connectivity index (χ4n) is 2.99. The van der Waals surface area contributed by atoms with Crippen LogP contribution in [0.2, 0.25) is 0 Å². The van der Waals surface area contributed by atoms with Crippen molar-refractivity contribution in [2.75, 3.05) is 5.73 Å². The van der Waals surface area contributed by atoms with E-state index in [4.69, 9.17) is 11.5 Å². The number of benzene rings is 1. The number of phenols is 2. The first-order valence-corrected chi connectivity index (χ1v) is 7.35. The van der Waals surface area contributed by atoms with Crippen molar-refractivity contribution in [3.63, 3.8) is 0 Å². The molecule has 6 N–H and O–H groups in total. The Morgan fingerprint density at radius 1 is 1.22 bits per heavy atom. The molecule has 23 heavy (non-hydrogen) atoms. The van der Waals surface area contributed by atoms with Gasteiger partial charge in [0.25, 0.3) is 0 Å². The van der Waals surface area contributed by atoms with Gasteiger partial charge in [-0.25, -0.2) is 9.97 Å². The van der Waals surface area contributed by atoms with Gasteiger partial charge in [-0.05, 0) is 37.5 Å². The predicted octanol–water partition coefficient (Wildman–Crippen LogP) is 1.60. The van der Waals surface area contributed by atoms with Crippen molar-refractivity contribution in [1.82, 2.24) is 9.97 Å². The molecular formula is C16H17N5O2. The molecule has 118 valence electrons. The summed E-state index contributed by atoms with van der Waals surface area (Å²) in [4.78, 5) is 8.56. The number of anilines is 1. The molecular weight excluding hydrogens is 294 g/mol. The summed E-state index contributed by atoms with van der Waals surface area (Å²) in [6.07, 6.45) is 2.43. The number of nitriles is 1. The Morgan fingerprint density at radius 2 is 2.00 bits per heavy atom. The van der Waals surface area contributed by atoms with Crippen molar-refractivity contribution < 1.29 is 10.2 Å². The van der Waals surface area contributed by atoms with Crippen molar-refractivity contribution in [2.45, 2.75) is 31.2 Å². The lowest BCUT2D eigenvalue weighted by Gasteiger charge is -2.14. The van der Waals surface area contributed by atoms with Gasteiger partial charge < -0.3 is 21.7 Å². The van der Waals surface area contributed by atoms with Crippen LogP contribution < -0.4 is 11.5 Å². The van der Waals surface area contributed by atoms with Crippen molar-refractivity contribution >= 4 is 5.82 Å². The van der Waals surface area contributed by atoms with Crippen LogP contribution in [0, 0.1) is 11.3 Å². The van der Waals surface area contributed by atoms with E-state index in [0.29, 0.717) is 5.69 Å². The Hall–Kier alpha value is -2.85. The highest BCUT2D eigenvalue weighted by Crippen LogP contribution is 2.37. The summed E-state index contributed by atoms with van der Waals surface area (Å²) >= 11 is 0. The second-order valence-corrected chi connectivity index (χ2v) is 5.78. The molecule has 1 aromatic heterocycles. The Kier molecular flexibility index (Phi) is 3.76. The first-order valence-electron chi connectivity index (χ1n) is 7.35. The summed E-state index contributed by atoms with van der Waals surface area (Å²) in [6, 6.07) is 6.22. The maximum atomic E-state index is 9.99. The van der Waals surface area contributed by atoms with Crippen LogP contribution in [0.4, 0.5) is 5.82 Å². The smallest absolute Gasteiger partial charge is 0.165 e. The van der Waals surface area contributed by atoms with Crippen molar-refractivity contribution in [3.8, 4) is 29.0 Å². The Morgan fingerprint density at radius 3 is 2.65 bits per heavy atom. The molecule has 0 radical (unpaired) electrons. The number of rotatable bonds is 2. The minimum atomic E-state index is -0.0685. The molecule has 0 saturated heterocycles. The molecule has 7 nitrogen and oxygen atoms in total. The van der Waals surface area contributed by atoms with Gasteiger partial charge in [0.05, 0.1) is 11.3 Å². The standard InChI is InChI=1S/C16H17N5O2/c17-7-12-14(8-1-2-9(18)5-8)20-16(21-15(12)19)11-6-10(22)3-4-13(11)23/h3-4,6,8-9,22-23H,1-2,5,18H2,(H2,19,20,21). The van der Waals surface area contributed by atoms with Crippen LogP contribution in [0.5, 0.6) is 11.5 Å². The number of nitrogens with zero attached hydrogens (tertiary/aromatic N) is 3. The molecule has 1 aromatic carbocycles. The molecule has 1 saturated carbocycles. The van der Waals surface area contributed by atoms with E-state index in [2.05, 4.69) is 16.0 Å². The van der Waals surface area contributed by atoms with E-state index >= 15 is 0 Å². The minimum Gasteiger partial charge on any atom is -0.508 e. The summed E-state index contributed by atoms with van der Waals surface area (Å²) < 4.78 is 0. The third kappa shape index (κ3) is 2.76. The van der Waals surface area contributed by atoms with Crippen LogP contribution in [0.15, 0.2) is 18.2 Å². The van der Waals surface area contributed by atoms with E-state index in [1.54, 1.807) is 0 Å². The van der Waals surface area contributed by atoms with E-state index in [9.17, 15) is 15.5 Å². The summed E-state index contributed by atoms with van der Waals surface area (Å²) in [6.45, 7) is 0. The van der Waals surface area contributed by atoms with Crippen LogP contribution in [-0.4, -0.2) is 26.2 Å². The van der Waals surface area contributed by atoms with E-state index in [-0.39, 0.29) is 46.2 Å². The summed E-state index contributed by atoms with van der Waals surface area (Å²) in [5.41, 5.74) is 13.0. The second-order valence-electron chi connectivity index (χ2n) is 5.78. The Labute approximate surface area is 133 Å². The Bertz CT molecular complexity index is 800. The van der Waals surface area contributed by atoms with Gasteiger partial charge in [0, 0.05) is 12.0 Å². The average molecular weight is 311 g/mol. The zero-order valence-electron chi connectivity index (χ0n) is 12.4. The minimum absolute atomic E-state index is 0.0197. The van der Waals surface area contributed by atoms with Crippen molar-refractivity contribution in [2.24, 2.45) is 5.73 Å². The first kappa shape index (κ1) is 15.1. The quantitative estimate of drug-likeness (QED) is 0.617. The molecule has 1 fully saturated rings. The Balaban J connectivity index is 2.15. The maximum Gasteiger partial charge on any atom is 0.165 e. The van der Waals surface area contributed by atoms with E-state index in [0.717, 1.165) is 19.3 Å². The molecule has 7 heteroatoms. The number of nitrogens with two attached hydrogens (primary N) is 2. The molecule has 0 amide bonds. The van der Waals surface area contributed by atoms with Crippen molar-refractivity contribution in [1.29, 1.82) is 5.26 Å². The number of hydrogen-bond donors (Lipinski definition) is 4. The number of aromatic nitrogens is 2. The zero-order valence-corrected chi connectivity index (χ0v) is 12.4. The zero-order chi connectivity index (χ0) is 16.6. The lowest BCUT2D eigenvalue weighted by atomic mass is 9.98. The normalized spacial score (nSPS) is 20.3. The molecule has 0 spiro atoms. The monoisotopic (exact) mass is 311 g/mol. The van der Waals surface area contributed by atoms with Gasteiger partial charge in [-0.15, -0.1) is 0 Å². The summed E-state index contributed by atoms with van der Waals surface area (Å²) in [5, 5.41) is 29.0. The van der Waals surface area contributed by atoms with Gasteiger partial charge in [-0.1, -0.05) is 0 Å². The van der Waals surface area contributed by atoms with E-state index < -0.39 is 0 Å². The third-order valence-corrected chi connectivity index (χ3v) is 4.16. The van der Waals surface area contributed by atoms with E-state index in [1.807, 2.05) is 0 Å². The molecule has 1 aliphatic carbocycles. The number of hydrogen-bond acceptors (Lipinski definition) is 7. The molecule has 2 unspecified atom stereocenters. The molecule has 2 atom stereocenters. The topological polar surface area (TPSA) is 142 Å². The molecule has 2 aromatic rings. The van der Waals surface area contributed by atoms with Crippen LogP contribution in [0.25, 0.3) is 11.4 Å². The van der Waals surface area contributed by atoms with Gasteiger partial charge in [0.1, 0.15) is 28.9 Å². The van der Waals surface area contributed by atoms with Crippen LogP contribution in [0.1, 0.15) is 36.4 Å². The number of nitrogen functional groups attached to an aromatic ring is 1. The van der Waals surface area contributed by atoms with Gasteiger partial charge in [0.2, 0.25) is 0 Å². The first-order chi connectivity index (χ1) is 11.0. The lowest BCUT2D eigenvalue weighted by Crippen LogP contribution is -2.15. The molecule has 0 aliphatic heterocycles. The van der Waals surface area contributed by atoms with Gasteiger partial charge in [-0.3, -0.25) is 0 Å². The second kappa shape index (κ2) is 5.74. The SMILES string of the molecule is N#Cc1c(N)nc(-c2cc(O)ccc2O)nc1C1CCC(N)C1. The van der Waals surface area contributed by atoms with Crippen LogP contribution in [0.3, 0.4) is 0 Å². The summed E-state index contributed by atoms with van der Waals surface area (Å²) in [7, 11) is 0. The molecule has 3 rings (SSSR count). The average Bonchev–Trinajstić information content (AvgIpc) is 2.95. The third-order valence-electron chi connectivity index (χ3n) is 4.16. The summed E-state index contributed by atoms with van der Waals surface area (Å²) in [5.74, 6) is 0.207.